The van der Waals surface area contributed by atoms with Gasteiger partial charge in [0.05, 0.1) is 6.10 Å². The number of carbonyl (C=O) groups is 3. The SMILES string of the molecule is CCCC(=O)OOc1ccc(C(=O)C(C)(NC(C)=O)OC2CCNCC2)cc1. The molecule has 1 fully saturated rings. The molecule has 1 amide bonds. The Bertz CT molecular complexity index is 684. The van der Waals surface area contributed by atoms with Crippen LogP contribution >= 0.6 is 0 Å². The molecule has 8 heteroatoms. The van der Waals surface area contributed by atoms with E-state index >= 15 is 0 Å². The third-order valence-electron chi connectivity index (χ3n) is 4.34. The van der Waals surface area contributed by atoms with E-state index in [1.165, 1.54) is 31.2 Å². The van der Waals surface area contributed by atoms with Crippen LogP contribution < -0.4 is 15.5 Å². The highest BCUT2D eigenvalue weighted by molar-refractivity contribution is 6.03. The molecule has 1 atom stereocenters. The lowest BCUT2D eigenvalue weighted by molar-refractivity contribution is -0.213. The number of nitrogens with one attached hydrogen (secondary N) is 2. The summed E-state index contributed by atoms with van der Waals surface area (Å²) >= 11 is 0. The first-order valence-electron chi connectivity index (χ1n) is 9.53. The largest absolute Gasteiger partial charge is 0.355 e. The third-order valence-corrected chi connectivity index (χ3v) is 4.34. The van der Waals surface area contributed by atoms with Crippen molar-refractivity contribution < 1.29 is 28.9 Å². The number of piperidine rings is 1. The predicted molar refractivity (Wildman–Crippen MR) is 102 cm³/mol. The van der Waals surface area contributed by atoms with E-state index in [1.54, 1.807) is 6.92 Å². The Labute approximate surface area is 164 Å². The van der Waals surface area contributed by atoms with E-state index in [4.69, 9.17) is 9.62 Å². The van der Waals surface area contributed by atoms with Crippen molar-refractivity contribution in [1.82, 2.24) is 10.6 Å². The number of hydrogen-bond acceptors (Lipinski definition) is 7. The molecule has 0 saturated carbocycles. The van der Waals surface area contributed by atoms with E-state index in [1.807, 2.05) is 6.92 Å². The molecule has 0 spiro atoms. The van der Waals surface area contributed by atoms with Crippen LogP contribution in [0.2, 0.25) is 0 Å². The Morgan fingerprint density at radius 3 is 2.39 bits per heavy atom. The van der Waals surface area contributed by atoms with Crippen molar-refractivity contribution in [2.45, 2.75) is 58.3 Å². The highest BCUT2D eigenvalue weighted by Crippen LogP contribution is 2.23. The second-order valence-corrected chi connectivity index (χ2v) is 6.92. The van der Waals surface area contributed by atoms with Gasteiger partial charge in [-0.1, -0.05) is 6.92 Å². The first-order chi connectivity index (χ1) is 13.3. The van der Waals surface area contributed by atoms with Gasteiger partial charge in [-0.25, -0.2) is 4.79 Å². The van der Waals surface area contributed by atoms with Gasteiger partial charge in [0, 0.05) is 18.9 Å². The highest BCUT2D eigenvalue weighted by Gasteiger charge is 2.38. The summed E-state index contributed by atoms with van der Waals surface area (Å²) in [5.41, 5.74) is -1.12. The summed E-state index contributed by atoms with van der Waals surface area (Å²) in [5, 5.41) is 5.87. The van der Waals surface area contributed by atoms with E-state index in [0.29, 0.717) is 17.7 Å². The topological polar surface area (TPSA) is 103 Å². The molecule has 0 aromatic heterocycles. The molecule has 2 rings (SSSR count). The van der Waals surface area contributed by atoms with Crippen molar-refractivity contribution in [3.8, 4) is 5.75 Å². The number of rotatable bonds is 9. The van der Waals surface area contributed by atoms with Crippen LogP contribution in [-0.2, 0) is 19.2 Å². The van der Waals surface area contributed by atoms with Gasteiger partial charge in [0.1, 0.15) is 0 Å². The monoisotopic (exact) mass is 392 g/mol. The molecule has 1 saturated heterocycles. The molecule has 28 heavy (non-hydrogen) atoms. The minimum Gasteiger partial charge on any atom is -0.345 e. The highest BCUT2D eigenvalue weighted by atomic mass is 17.2. The average Bonchev–Trinajstić information content (AvgIpc) is 2.66. The van der Waals surface area contributed by atoms with Crippen molar-refractivity contribution in [3.05, 3.63) is 29.8 Å². The van der Waals surface area contributed by atoms with Crippen LogP contribution in [0.5, 0.6) is 5.75 Å². The summed E-state index contributed by atoms with van der Waals surface area (Å²) in [6, 6.07) is 6.12. The van der Waals surface area contributed by atoms with Crippen molar-refractivity contribution in [1.29, 1.82) is 0 Å². The normalized spacial score (nSPS) is 16.7. The van der Waals surface area contributed by atoms with Gasteiger partial charge in [-0.2, -0.15) is 0 Å². The zero-order chi connectivity index (χ0) is 20.6. The molecule has 154 valence electrons. The van der Waals surface area contributed by atoms with Crippen molar-refractivity contribution in [2.24, 2.45) is 0 Å². The number of carbonyl (C=O) groups excluding carboxylic acids is 3. The third kappa shape index (κ3) is 6.31. The van der Waals surface area contributed by atoms with Gasteiger partial charge in [-0.3, -0.25) is 19.4 Å². The summed E-state index contributed by atoms with van der Waals surface area (Å²) in [6.45, 7) is 6.38. The Hall–Kier alpha value is -2.45. The van der Waals surface area contributed by atoms with Crippen LogP contribution in [0.3, 0.4) is 0 Å². The molecule has 1 unspecified atom stereocenters. The Kier molecular flexibility index (Phi) is 7.95. The molecule has 0 aliphatic carbocycles. The molecule has 1 aliphatic rings. The number of hydrogen-bond donors (Lipinski definition) is 2. The second-order valence-electron chi connectivity index (χ2n) is 6.92. The summed E-state index contributed by atoms with van der Waals surface area (Å²) in [6.07, 6.45) is 2.33. The van der Waals surface area contributed by atoms with E-state index in [0.717, 1.165) is 25.9 Å². The van der Waals surface area contributed by atoms with E-state index in [-0.39, 0.29) is 24.2 Å². The maximum absolute atomic E-state index is 13.1. The van der Waals surface area contributed by atoms with Gasteiger partial charge >= 0.3 is 5.97 Å². The fraction of sp³-hybridized carbons (Fsp3) is 0.550. The predicted octanol–water partition coefficient (Wildman–Crippen LogP) is 2.13. The molecule has 0 bridgehead atoms. The van der Waals surface area contributed by atoms with Gasteiger partial charge in [0.15, 0.2) is 5.75 Å². The molecule has 1 heterocycles. The van der Waals surface area contributed by atoms with Gasteiger partial charge in [-0.05, 0) is 63.5 Å². The maximum atomic E-state index is 13.1. The lowest BCUT2D eigenvalue weighted by Gasteiger charge is -2.35. The molecule has 1 aliphatic heterocycles. The van der Waals surface area contributed by atoms with Gasteiger partial charge in [0.25, 0.3) is 0 Å². The quantitative estimate of drug-likeness (QED) is 0.287. The fourth-order valence-corrected chi connectivity index (χ4v) is 3.00. The minimum absolute atomic E-state index is 0.123. The van der Waals surface area contributed by atoms with Crippen LogP contribution in [0.25, 0.3) is 0 Å². The lowest BCUT2D eigenvalue weighted by Crippen LogP contribution is -2.56. The van der Waals surface area contributed by atoms with Crippen molar-refractivity contribution in [3.63, 3.8) is 0 Å². The summed E-state index contributed by atoms with van der Waals surface area (Å²) in [4.78, 5) is 45.7. The Balaban J connectivity index is 2.07. The first-order valence-corrected chi connectivity index (χ1v) is 9.53. The van der Waals surface area contributed by atoms with Crippen LogP contribution in [-0.4, -0.2) is 42.6 Å². The van der Waals surface area contributed by atoms with Crippen LogP contribution in [0.4, 0.5) is 0 Å². The number of Topliss-reactive ketones (excluding diaryl/α,β-unsaturated/α-hetero) is 1. The van der Waals surface area contributed by atoms with E-state index < -0.39 is 11.7 Å². The molecule has 1 aromatic rings. The Morgan fingerprint density at radius 2 is 1.82 bits per heavy atom. The fourth-order valence-electron chi connectivity index (χ4n) is 3.00. The zero-order valence-electron chi connectivity index (χ0n) is 16.6. The molecular formula is C20H28N2O6. The zero-order valence-corrected chi connectivity index (χ0v) is 16.6. The molecule has 0 radical (unpaired) electrons. The van der Waals surface area contributed by atoms with Gasteiger partial charge < -0.3 is 15.4 Å². The maximum Gasteiger partial charge on any atom is 0.355 e. The summed E-state index contributed by atoms with van der Waals surface area (Å²) in [5.74, 6) is -0.888. The minimum atomic E-state index is -1.47. The van der Waals surface area contributed by atoms with E-state index in [2.05, 4.69) is 15.5 Å². The Morgan fingerprint density at radius 1 is 1.18 bits per heavy atom. The second kappa shape index (κ2) is 10.2. The number of ether oxygens (including phenoxy) is 1. The van der Waals surface area contributed by atoms with Crippen LogP contribution in [0, 0.1) is 0 Å². The van der Waals surface area contributed by atoms with Gasteiger partial charge in [-0.15, -0.1) is 0 Å². The summed E-state index contributed by atoms with van der Waals surface area (Å²) < 4.78 is 6.02. The number of amides is 1. The molecule has 8 nitrogen and oxygen atoms in total. The van der Waals surface area contributed by atoms with Crippen molar-refractivity contribution in [2.75, 3.05) is 13.1 Å². The molecule has 1 aromatic carbocycles. The summed E-state index contributed by atoms with van der Waals surface area (Å²) in [7, 11) is 0. The lowest BCUT2D eigenvalue weighted by atomic mass is 10.0. The van der Waals surface area contributed by atoms with Gasteiger partial charge in [0.2, 0.25) is 17.4 Å². The standard InChI is InChI=1S/C20H28N2O6/c1-4-5-18(24)28-27-17-8-6-15(7-9-17)19(25)20(3,22-14(2)23)26-16-10-12-21-13-11-16/h6-9,16,21H,4-5,10-13H2,1-3H3,(H,22,23). The van der Waals surface area contributed by atoms with E-state index in [9.17, 15) is 14.4 Å². The van der Waals surface area contributed by atoms with Crippen LogP contribution in [0.15, 0.2) is 24.3 Å². The van der Waals surface area contributed by atoms with Crippen LogP contribution in [0.1, 0.15) is 56.8 Å². The average molecular weight is 392 g/mol. The molecular weight excluding hydrogens is 364 g/mol. The first kappa shape index (κ1) is 21.8. The smallest absolute Gasteiger partial charge is 0.345 e. The van der Waals surface area contributed by atoms with Crippen molar-refractivity contribution >= 4 is 17.7 Å². The molecule has 2 N–H and O–H groups in total. The number of ketones is 1. The number of benzene rings is 1.